The molecule has 2 nitrogen and oxygen atoms in total. The average Bonchev–Trinajstić information content (AvgIpc) is 2.44. The van der Waals surface area contributed by atoms with Crippen LogP contribution in [0.4, 0.5) is 0 Å². The smallest absolute Gasteiger partial charge is 0.0626 e. The molecule has 0 spiro atoms. The van der Waals surface area contributed by atoms with Crippen LogP contribution in [0.3, 0.4) is 0 Å². The Labute approximate surface area is 126 Å². The highest BCUT2D eigenvalue weighted by atomic mass is 79.9. The molecule has 0 aromatic heterocycles. The van der Waals surface area contributed by atoms with Crippen molar-refractivity contribution in [2.75, 3.05) is 6.61 Å². The molecule has 0 radical (unpaired) electrons. The molecule has 0 bridgehead atoms. The molecule has 0 aliphatic heterocycles. The number of aliphatic hydroxyl groups excluding tert-OH is 1. The lowest BCUT2D eigenvalue weighted by Gasteiger charge is -2.17. The van der Waals surface area contributed by atoms with E-state index in [9.17, 15) is 5.11 Å². The van der Waals surface area contributed by atoms with Gasteiger partial charge >= 0.3 is 0 Å². The molecule has 19 heavy (non-hydrogen) atoms. The van der Waals surface area contributed by atoms with Crippen molar-refractivity contribution in [1.29, 1.82) is 0 Å². The number of benzene rings is 2. The van der Waals surface area contributed by atoms with Crippen LogP contribution >= 0.6 is 27.5 Å². The fourth-order valence-electron chi connectivity index (χ4n) is 1.86. The minimum Gasteiger partial charge on any atom is -0.394 e. The molecule has 2 N–H and O–H groups in total. The van der Waals surface area contributed by atoms with Gasteiger partial charge in [-0.1, -0.05) is 48.0 Å². The zero-order valence-corrected chi connectivity index (χ0v) is 12.7. The zero-order chi connectivity index (χ0) is 13.7. The highest BCUT2D eigenvalue weighted by Gasteiger charge is 2.09. The Morgan fingerprint density at radius 3 is 2.53 bits per heavy atom. The minimum absolute atomic E-state index is 0.0596. The molecule has 0 saturated heterocycles. The summed E-state index contributed by atoms with van der Waals surface area (Å²) in [5, 5.41) is 13.5. The lowest BCUT2D eigenvalue weighted by atomic mass is 10.1. The predicted molar refractivity (Wildman–Crippen MR) is 82.3 cm³/mol. The van der Waals surface area contributed by atoms with E-state index in [1.807, 2.05) is 48.5 Å². The van der Waals surface area contributed by atoms with Crippen molar-refractivity contribution < 1.29 is 5.11 Å². The summed E-state index contributed by atoms with van der Waals surface area (Å²) in [4.78, 5) is 0. The van der Waals surface area contributed by atoms with E-state index in [1.165, 1.54) is 0 Å². The van der Waals surface area contributed by atoms with Gasteiger partial charge < -0.3 is 10.4 Å². The highest BCUT2D eigenvalue weighted by molar-refractivity contribution is 9.10. The van der Waals surface area contributed by atoms with Crippen molar-refractivity contribution in [3.63, 3.8) is 0 Å². The van der Waals surface area contributed by atoms with Crippen LogP contribution in [0.5, 0.6) is 0 Å². The Hall–Kier alpha value is -0.870. The lowest BCUT2D eigenvalue weighted by Crippen LogP contribution is -2.23. The lowest BCUT2D eigenvalue weighted by molar-refractivity contribution is 0.243. The largest absolute Gasteiger partial charge is 0.394 e. The molecule has 0 aliphatic carbocycles. The van der Waals surface area contributed by atoms with Gasteiger partial charge in [0.25, 0.3) is 0 Å². The molecule has 0 unspecified atom stereocenters. The third kappa shape index (κ3) is 4.05. The fourth-order valence-corrected chi connectivity index (χ4v) is 2.41. The van der Waals surface area contributed by atoms with E-state index in [0.29, 0.717) is 11.6 Å². The molecule has 4 heteroatoms. The summed E-state index contributed by atoms with van der Waals surface area (Å²) in [5.74, 6) is 0. The van der Waals surface area contributed by atoms with Crippen molar-refractivity contribution in [1.82, 2.24) is 5.32 Å². The summed E-state index contributed by atoms with van der Waals surface area (Å²) in [5.41, 5.74) is 2.20. The van der Waals surface area contributed by atoms with Crippen LogP contribution in [0.25, 0.3) is 0 Å². The molecular weight excluding hydrogens is 326 g/mol. The van der Waals surface area contributed by atoms with Crippen LogP contribution in [0.2, 0.25) is 5.02 Å². The van der Waals surface area contributed by atoms with Gasteiger partial charge in [-0.2, -0.15) is 0 Å². The van der Waals surface area contributed by atoms with Crippen LogP contribution in [-0.4, -0.2) is 11.7 Å². The molecule has 0 amide bonds. The Morgan fingerprint density at radius 2 is 1.89 bits per heavy atom. The molecular formula is C15H15BrClNO. The SMILES string of the molecule is OC[C@@H](NCc1ccc(Cl)c(Br)c1)c1ccccc1. The van der Waals surface area contributed by atoms with E-state index < -0.39 is 0 Å². The van der Waals surface area contributed by atoms with Gasteiger partial charge in [-0.05, 0) is 39.2 Å². The second kappa shape index (κ2) is 7.06. The van der Waals surface area contributed by atoms with Crippen molar-refractivity contribution in [2.24, 2.45) is 0 Å². The van der Waals surface area contributed by atoms with E-state index in [1.54, 1.807) is 0 Å². The molecule has 2 aromatic carbocycles. The summed E-state index contributed by atoms with van der Waals surface area (Å²) >= 11 is 9.37. The van der Waals surface area contributed by atoms with E-state index in [0.717, 1.165) is 15.6 Å². The van der Waals surface area contributed by atoms with E-state index in [4.69, 9.17) is 11.6 Å². The minimum atomic E-state index is -0.0596. The van der Waals surface area contributed by atoms with Gasteiger partial charge in [0.2, 0.25) is 0 Å². The van der Waals surface area contributed by atoms with Crippen molar-refractivity contribution in [3.05, 3.63) is 69.2 Å². The van der Waals surface area contributed by atoms with Crippen LogP contribution in [0.1, 0.15) is 17.2 Å². The van der Waals surface area contributed by atoms with Crippen molar-refractivity contribution >= 4 is 27.5 Å². The van der Waals surface area contributed by atoms with Gasteiger partial charge in [-0.3, -0.25) is 0 Å². The van der Waals surface area contributed by atoms with Crippen LogP contribution < -0.4 is 5.32 Å². The highest BCUT2D eigenvalue weighted by Crippen LogP contribution is 2.23. The second-order valence-corrected chi connectivity index (χ2v) is 5.54. The summed E-state index contributed by atoms with van der Waals surface area (Å²) in [7, 11) is 0. The standard InChI is InChI=1S/C15H15BrClNO/c16-13-8-11(6-7-14(13)17)9-18-15(10-19)12-4-2-1-3-5-12/h1-8,15,18-19H,9-10H2/t15-/m1/s1. The van der Waals surface area contributed by atoms with Gasteiger partial charge in [-0.15, -0.1) is 0 Å². The predicted octanol–water partition coefficient (Wildman–Crippen LogP) is 3.93. The Balaban J connectivity index is 2.02. The molecule has 100 valence electrons. The maximum absolute atomic E-state index is 9.46. The van der Waals surface area contributed by atoms with Gasteiger partial charge in [0, 0.05) is 11.0 Å². The zero-order valence-electron chi connectivity index (χ0n) is 10.3. The Morgan fingerprint density at radius 1 is 1.16 bits per heavy atom. The molecule has 0 saturated carbocycles. The summed E-state index contributed by atoms with van der Waals surface area (Å²) < 4.78 is 0.883. The van der Waals surface area contributed by atoms with E-state index >= 15 is 0 Å². The number of rotatable bonds is 5. The molecule has 1 atom stereocenters. The third-order valence-electron chi connectivity index (χ3n) is 2.92. The first-order valence-electron chi connectivity index (χ1n) is 6.04. The number of hydrogen-bond donors (Lipinski definition) is 2. The number of nitrogens with one attached hydrogen (secondary N) is 1. The van der Waals surface area contributed by atoms with E-state index in [2.05, 4.69) is 21.2 Å². The maximum atomic E-state index is 9.46. The quantitative estimate of drug-likeness (QED) is 0.864. The Kier molecular flexibility index (Phi) is 5.40. The second-order valence-electron chi connectivity index (χ2n) is 4.28. The monoisotopic (exact) mass is 339 g/mol. The number of aliphatic hydroxyl groups is 1. The Bertz CT molecular complexity index is 533. The first kappa shape index (κ1) is 14.5. The van der Waals surface area contributed by atoms with Gasteiger partial charge in [0.1, 0.15) is 0 Å². The van der Waals surface area contributed by atoms with Crippen molar-refractivity contribution in [2.45, 2.75) is 12.6 Å². The molecule has 2 rings (SSSR count). The average molecular weight is 341 g/mol. The fraction of sp³-hybridized carbons (Fsp3) is 0.200. The summed E-state index contributed by atoms with van der Waals surface area (Å²) in [6.45, 7) is 0.745. The molecule has 0 fully saturated rings. The van der Waals surface area contributed by atoms with Crippen molar-refractivity contribution in [3.8, 4) is 0 Å². The molecule has 2 aromatic rings. The van der Waals surface area contributed by atoms with Gasteiger partial charge in [0.15, 0.2) is 0 Å². The number of hydrogen-bond acceptors (Lipinski definition) is 2. The molecule has 0 heterocycles. The molecule has 0 aliphatic rings. The maximum Gasteiger partial charge on any atom is 0.0626 e. The van der Waals surface area contributed by atoms with Crippen LogP contribution in [-0.2, 0) is 6.54 Å². The third-order valence-corrected chi connectivity index (χ3v) is 4.14. The van der Waals surface area contributed by atoms with Crippen LogP contribution in [0.15, 0.2) is 53.0 Å². The first-order chi connectivity index (χ1) is 9.20. The normalized spacial score (nSPS) is 12.4. The van der Waals surface area contributed by atoms with Gasteiger partial charge in [-0.25, -0.2) is 0 Å². The summed E-state index contributed by atoms with van der Waals surface area (Å²) in [6, 6.07) is 15.7. The van der Waals surface area contributed by atoms with E-state index in [-0.39, 0.29) is 12.6 Å². The number of halogens is 2. The van der Waals surface area contributed by atoms with Gasteiger partial charge in [0.05, 0.1) is 17.7 Å². The summed E-state index contributed by atoms with van der Waals surface area (Å²) in [6.07, 6.45) is 0. The topological polar surface area (TPSA) is 32.3 Å². The first-order valence-corrected chi connectivity index (χ1v) is 7.21. The van der Waals surface area contributed by atoms with Crippen LogP contribution in [0, 0.1) is 0 Å².